The third-order valence-electron chi connectivity index (χ3n) is 5.94. The highest BCUT2D eigenvalue weighted by molar-refractivity contribution is 5.42. The molecule has 0 bridgehead atoms. The van der Waals surface area contributed by atoms with E-state index >= 15 is 0 Å². The zero-order valence-corrected chi connectivity index (χ0v) is 16.1. The van der Waals surface area contributed by atoms with Crippen molar-refractivity contribution in [2.75, 3.05) is 13.7 Å². The summed E-state index contributed by atoms with van der Waals surface area (Å²) in [6, 6.07) is 31.0. The van der Waals surface area contributed by atoms with Gasteiger partial charge in [-0.3, -0.25) is 4.90 Å². The average molecular weight is 357 g/mol. The standard InChI is InChI=1S/C25H27NO/c1-20-17-25(22-9-5-3-6-10-22,23-11-7-4-8-12-23)19-26(20)18-21-13-15-24(27-2)16-14-21/h3-16,20H,17-19H2,1-2H3. The van der Waals surface area contributed by atoms with Crippen LogP contribution in [0.4, 0.5) is 0 Å². The molecule has 3 aromatic rings. The molecule has 1 aliphatic heterocycles. The van der Waals surface area contributed by atoms with Crippen molar-refractivity contribution in [3.05, 3.63) is 102 Å². The van der Waals surface area contributed by atoms with Crippen LogP contribution in [0.25, 0.3) is 0 Å². The van der Waals surface area contributed by atoms with Crippen molar-refractivity contribution >= 4 is 0 Å². The van der Waals surface area contributed by atoms with Crippen LogP contribution in [0.5, 0.6) is 5.75 Å². The van der Waals surface area contributed by atoms with Crippen LogP contribution in [-0.2, 0) is 12.0 Å². The van der Waals surface area contributed by atoms with Gasteiger partial charge in [-0.1, -0.05) is 72.8 Å². The molecule has 1 heterocycles. The molecule has 0 radical (unpaired) electrons. The van der Waals surface area contributed by atoms with Crippen LogP contribution in [0.1, 0.15) is 30.0 Å². The number of nitrogens with zero attached hydrogens (tertiary/aromatic N) is 1. The van der Waals surface area contributed by atoms with Gasteiger partial charge in [0.2, 0.25) is 0 Å². The molecule has 2 heteroatoms. The molecule has 27 heavy (non-hydrogen) atoms. The van der Waals surface area contributed by atoms with Crippen LogP contribution in [-0.4, -0.2) is 24.6 Å². The summed E-state index contributed by atoms with van der Waals surface area (Å²) in [6.45, 7) is 4.36. The lowest BCUT2D eigenvalue weighted by molar-refractivity contribution is 0.254. The van der Waals surface area contributed by atoms with Crippen molar-refractivity contribution in [2.45, 2.75) is 31.3 Å². The predicted molar refractivity (Wildman–Crippen MR) is 111 cm³/mol. The van der Waals surface area contributed by atoms with E-state index in [4.69, 9.17) is 4.74 Å². The normalized spacial score (nSPS) is 19.1. The van der Waals surface area contributed by atoms with Crippen LogP contribution in [0.3, 0.4) is 0 Å². The Hall–Kier alpha value is -2.58. The smallest absolute Gasteiger partial charge is 0.118 e. The van der Waals surface area contributed by atoms with Gasteiger partial charge in [-0.2, -0.15) is 0 Å². The van der Waals surface area contributed by atoms with Crippen LogP contribution in [0.2, 0.25) is 0 Å². The highest BCUT2D eigenvalue weighted by Gasteiger charge is 2.44. The van der Waals surface area contributed by atoms with E-state index in [1.54, 1.807) is 7.11 Å². The number of hydrogen-bond donors (Lipinski definition) is 0. The van der Waals surface area contributed by atoms with Gasteiger partial charge in [0.1, 0.15) is 5.75 Å². The molecule has 0 N–H and O–H groups in total. The molecule has 4 rings (SSSR count). The molecule has 1 saturated heterocycles. The fraction of sp³-hybridized carbons (Fsp3) is 0.280. The second-order valence-electron chi connectivity index (χ2n) is 7.62. The molecule has 3 aromatic carbocycles. The molecule has 1 fully saturated rings. The average Bonchev–Trinajstić information content (AvgIpc) is 3.07. The number of ether oxygens (including phenoxy) is 1. The van der Waals surface area contributed by atoms with Gasteiger partial charge >= 0.3 is 0 Å². The molecule has 0 spiro atoms. The lowest BCUT2D eigenvalue weighted by atomic mass is 9.73. The monoisotopic (exact) mass is 357 g/mol. The lowest BCUT2D eigenvalue weighted by Gasteiger charge is -2.31. The van der Waals surface area contributed by atoms with Crippen LogP contribution in [0, 0.1) is 0 Å². The fourth-order valence-corrected chi connectivity index (χ4v) is 4.48. The van der Waals surface area contributed by atoms with Crippen molar-refractivity contribution in [1.82, 2.24) is 4.90 Å². The Labute approximate surface area is 162 Å². The van der Waals surface area contributed by atoms with Gasteiger partial charge in [0.05, 0.1) is 7.11 Å². The minimum atomic E-state index is 0.0500. The van der Waals surface area contributed by atoms with Gasteiger partial charge in [-0.05, 0) is 42.2 Å². The van der Waals surface area contributed by atoms with E-state index in [0.29, 0.717) is 6.04 Å². The topological polar surface area (TPSA) is 12.5 Å². The van der Waals surface area contributed by atoms with Gasteiger partial charge in [0.15, 0.2) is 0 Å². The maximum absolute atomic E-state index is 5.30. The van der Waals surface area contributed by atoms with Crippen molar-refractivity contribution < 1.29 is 4.74 Å². The first-order valence-electron chi connectivity index (χ1n) is 9.69. The Morgan fingerprint density at radius 1 is 0.852 bits per heavy atom. The zero-order valence-electron chi connectivity index (χ0n) is 16.1. The highest BCUT2D eigenvalue weighted by Crippen LogP contribution is 2.44. The molecule has 0 aliphatic carbocycles. The van der Waals surface area contributed by atoms with E-state index in [9.17, 15) is 0 Å². The molecule has 1 aliphatic rings. The van der Waals surface area contributed by atoms with Gasteiger partial charge in [-0.25, -0.2) is 0 Å². The van der Waals surface area contributed by atoms with Crippen molar-refractivity contribution in [3.8, 4) is 5.75 Å². The number of likely N-dealkylation sites (tertiary alicyclic amines) is 1. The molecule has 0 amide bonds. The van der Waals surface area contributed by atoms with Gasteiger partial charge in [-0.15, -0.1) is 0 Å². The van der Waals surface area contributed by atoms with Crippen LogP contribution in [0.15, 0.2) is 84.9 Å². The quantitative estimate of drug-likeness (QED) is 0.616. The van der Waals surface area contributed by atoms with E-state index in [1.807, 2.05) is 0 Å². The van der Waals surface area contributed by atoms with Crippen LogP contribution >= 0.6 is 0 Å². The summed E-state index contributed by atoms with van der Waals surface area (Å²) in [5, 5.41) is 0. The Morgan fingerprint density at radius 2 is 1.41 bits per heavy atom. The predicted octanol–water partition coefficient (Wildman–Crippen LogP) is 5.28. The molecule has 138 valence electrons. The SMILES string of the molecule is COc1ccc(CN2CC(c3ccccc3)(c3ccccc3)CC2C)cc1. The summed E-state index contributed by atoms with van der Waals surface area (Å²) in [6.07, 6.45) is 1.14. The molecular weight excluding hydrogens is 330 g/mol. The Morgan fingerprint density at radius 3 is 1.93 bits per heavy atom. The third kappa shape index (κ3) is 3.50. The molecule has 1 atom stereocenters. The van der Waals surface area contributed by atoms with Gasteiger partial charge < -0.3 is 4.74 Å². The maximum Gasteiger partial charge on any atom is 0.118 e. The fourth-order valence-electron chi connectivity index (χ4n) is 4.48. The summed E-state index contributed by atoms with van der Waals surface area (Å²) >= 11 is 0. The third-order valence-corrected chi connectivity index (χ3v) is 5.94. The van der Waals surface area contributed by atoms with Gasteiger partial charge in [0, 0.05) is 24.5 Å². The van der Waals surface area contributed by atoms with Gasteiger partial charge in [0.25, 0.3) is 0 Å². The maximum atomic E-state index is 5.30. The van der Waals surface area contributed by atoms with Crippen molar-refractivity contribution in [3.63, 3.8) is 0 Å². The van der Waals surface area contributed by atoms with Crippen LogP contribution < -0.4 is 4.74 Å². The lowest BCUT2D eigenvalue weighted by Crippen LogP contribution is -2.32. The zero-order chi connectivity index (χ0) is 18.7. The van der Waals surface area contributed by atoms with E-state index in [0.717, 1.165) is 25.3 Å². The Balaban J connectivity index is 1.65. The molecule has 0 aromatic heterocycles. The summed E-state index contributed by atoms with van der Waals surface area (Å²) in [4.78, 5) is 2.61. The highest BCUT2D eigenvalue weighted by atomic mass is 16.5. The number of rotatable bonds is 5. The van der Waals surface area contributed by atoms with E-state index in [-0.39, 0.29) is 5.41 Å². The van der Waals surface area contributed by atoms with Crippen molar-refractivity contribution in [1.29, 1.82) is 0 Å². The first-order valence-corrected chi connectivity index (χ1v) is 9.69. The Kier molecular flexibility index (Phi) is 5.00. The number of hydrogen-bond acceptors (Lipinski definition) is 2. The van der Waals surface area contributed by atoms with E-state index < -0.39 is 0 Å². The molecule has 0 saturated carbocycles. The minimum Gasteiger partial charge on any atom is -0.497 e. The number of methoxy groups -OCH3 is 1. The summed E-state index contributed by atoms with van der Waals surface area (Å²) < 4.78 is 5.30. The minimum absolute atomic E-state index is 0.0500. The second kappa shape index (κ2) is 7.58. The van der Waals surface area contributed by atoms with E-state index in [1.165, 1.54) is 16.7 Å². The molecule has 2 nitrogen and oxygen atoms in total. The second-order valence-corrected chi connectivity index (χ2v) is 7.62. The summed E-state index contributed by atoms with van der Waals surface area (Å²) in [5.74, 6) is 0.913. The molecule has 1 unspecified atom stereocenters. The summed E-state index contributed by atoms with van der Waals surface area (Å²) in [7, 11) is 1.71. The first kappa shape index (κ1) is 17.8. The molecular formula is C25H27NO. The van der Waals surface area contributed by atoms with Crippen molar-refractivity contribution in [2.24, 2.45) is 0 Å². The van der Waals surface area contributed by atoms with E-state index in [2.05, 4.69) is 96.8 Å². The number of benzene rings is 3. The Bertz CT molecular complexity index is 818. The summed E-state index contributed by atoms with van der Waals surface area (Å²) in [5.41, 5.74) is 4.22. The first-order chi connectivity index (χ1) is 13.2. The largest absolute Gasteiger partial charge is 0.497 e.